The Morgan fingerprint density at radius 3 is 1.04 bits per heavy atom. The number of rotatable bonds is 8. The predicted octanol–water partition coefficient (Wildman–Crippen LogP) is 4.90. The third-order valence-electron chi connectivity index (χ3n) is 2.63. The van der Waals surface area contributed by atoms with Gasteiger partial charge in [0.25, 0.3) is 0 Å². The van der Waals surface area contributed by atoms with Gasteiger partial charge in [0.1, 0.15) is 0 Å². The molecule has 23 heavy (non-hydrogen) atoms. The van der Waals surface area contributed by atoms with Gasteiger partial charge in [-0.05, 0) is 13.8 Å². The van der Waals surface area contributed by atoms with Gasteiger partial charge in [0.15, 0.2) is 0 Å². The molecule has 0 N–H and O–H groups in total. The van der Waals surface area contributed by atoms with Crippen LogP contribution in [0.4, 0.5) is 43.9 Å². The summed E-state index contributed by atoms with van der Waals surface area (Å²) in [5.74, 6) is -11.0. The van der Waals surface area contributed by atoms with Crippen molar-refractivity contribution in [3.05, 3.63) is 0 Å². The first-order chi connectivity index (χ1) is 10.0. The second-order valence-electron chi connectivity index (χ2n) is 4.53. The SMILES string of the molecule is CCO[Si](CC(F)(F)C(F)(F)F)(CC(F)(F)C(F)(F)F)OCC. The summed E-state index contributed by atoms with van der Waals surface area (Å²) < 4.78 is 135. The van der Waals surface area contributed by atoms with Crippen LogP contribution in [0, 0.1) is 0 Å². The molecule has 2 nitrogen and oxygen atoms in total. The van der Waals surface area contributed by atoms with Gasteiger partial charge in [-0.3, -0.25) is 0 Å². The lowest BCUT2D eigenvalue weighted by molar-refractivity contribution is -0.281. The van der Waals surface area contributed by atoms with Gasteiger partial charge in [-0.2, -0.15) is 43.9 Å². The van der Waals surface area contributed by atoms with Crippen LogP contribution in [-0.4, -0.2) is 46.0 Å². The van der Waals surface area contributed by atoms with Crippen LogP contribution in [0.3, 0.4) is 0 Å². The maximum absolute atomic E-state index is 13.2. The number of halogens is 10. The van der Waals surface area contributed by atoms with Crippen molar-refractivity contribution in [3.63, 3.8) is 0 Å². The number of hydrogen-bond donors (Lipinski definition) is 0. The van der Waals surface area contributed by atoms with Crippen LogP contribution >= 0.6 is 0 Å². The van der Waals surface area contributed by atoms with Crippen molar-refractivity contribution < 1.29 is 52.8 Å². The van der Waals surface area contributed by atoms with Crippen LogP contribution in [0.15, 0.2) is 0 Å². The van der Waals surface area contributed by atoms with Crippen LogP contribution in [-0.2, 0) is 8.85 Å². The molecule has 0 fully saturated rings. The molecule has 0 saturated carbocycles. The topological polar surface area (TPSA) is 18.5 Å². The fourth-order valence-electron chi connectivity index (χ4n) is 1.71. The van der Waals surface area contributed by atoms with E-state index in [4.69, 9.17) is 0 Å². The van der Waals surface area contributed by atoms with Gasteiger partial charge in [-0.1, -0.05) is 0 Å². The Balaban J connectivity index is 5.75. The molecule has 0 aromatic carbocycles. The maximum atomic E-state index is 13.2. The van der Waals surface area contributed by atoms with E-state index in [2.05, 4.69) is 8.85 Å². The summed E-state index contributed by atoms with van der Waals surface area (Å²) in [4.78, 5) is 0. The smallest absolute Gasteiger partial charge is 0.394 e. The largest absolute Gasteiger partial charge is 0.453 e. The molecule has 0 amide bonds. The van der Waals surface area contributed by atoms with Crippen molar-refractivity contribution >= 4 is 8.56 Å². The van der Waals surface area contributed by atoms with E-state index in [1.165, 1.54) is 0 Å². The third kappa shape index (κ3) is 5.78. The van der Waals surface area contributed by atoms with Crippen molar-refractivity contribution in [3.8, 4) is 0 Å². The van der Waals surface area contributed by atoms with Crippen LogP contribution in [0.1, 0.15) is 13.8 Å². The highest BCUT2D eigenvalue weighted by molar-refractivity contribution is 6.68. The average molecular weight is 384 g/mol. The molecule has 0 unspecified atom stereocenters. The van der Waals surface area contributed by atoms with Crippen molar-refractivity contribution in [1.82, 2.24) is 0 Å². The van der Waals surface area contributed by atoms with Crippen molar-refractivity contribution in [1.29, 1.82) is 0 Å². The van der Waals surface area contributed by atoms with Crippen LogP contribution in [0.5, 0.6) is 0 Å². The quantitative estimate of drug-likeness (QED) is 0.438. The minimum Gasteiger partial charge on any atom is -0.394 e. The minimum absolute atomic E-state index is 0.659. The monoisotopic (exact) mass is 384 g/mol. The molecule has 0 atom stereocenters. The van der Waals surface area contributed by atoms with Crippen molar-refractivity contribution in [2.24, 2.45) is 0 Å². The first-order valence-corrected chi connectivity index (χ1v) is 8.43. The van der Waals surface area contributed by atoms with E-state index >= 15 is 0 Å². The van der Waals surface area contributed by atoms with E-state index in [9.17, 15) is 43.9 Å². The Morgan fingerprint density at radius 1 is 0.609 bits per heavy atom. The molecule has 0 aliphatic carbocycles. The molecule has 0 radical (unpaired) electrons. The molecule has 0 aromatic heterocycles. The summed E-state index contributed by atoms with van der Waals surface area (Å²) >= 11 is 0. The van der Waals surface area contributed by atoms with Gasteiger partial charge < -0.3 is 8.85 Å². The van der Waals surface area contributed by atoms with E-state index in [0.29, 0.717) is 0 Å². The van der Waals surface area contributed by atoms with E-state index in [0.717, 1.165) is 13.8 Å². The van der Waals surface area contributed by atoms with Gasteiger partial charge in [-0.15, -0.1) is 0 Å². The molecular weight excluding hydrogens is 370 g/mol. The summed E-state index contributed by atoms with van der Waals surface area (Å²) in [7, 11) is -5.23. The summed E-state index contributed by atoms with van der Waals surface area (Å²) in [5, 5.41) is 0. The van der Waals surface area contributed by atoms with Crippen molar-refractivity contribution in [2.75, 3.05) is 13.2 Å². The molecule has 140 valence electrons. The summed E-state index contributed by atoms with van der Waals surface area (Å²) in [6.45, 7) is 0.790. The van der Waals surface area contributed by atoms with Gasteiger partial charge in [0.2, 0.25) is 0 Å². The Hall–Kier alpha value is -0.563. The maximum Gasteiger partial charge on any atom is 0.453 e. The van der Waals surface area contributed by atoms with E-state index in [1.807, 2.05) is 0 Å². The zero-order valence-electron chi connectivity index (χ0n) is 11.9. The molecule has 0 aromatic rings. The Labute approximate surface area is 126 Å². The van der Waals surface area contributed by atoms with Gasteiger partial charge >= 0.3 is 32.8 Å². The number of hydrogen-bond acceptors (Lipinski definition) is 2. The molecule has 0 rings (SSSR count). The molecule has 0 spiro atoms. The summed E-state index contributed by atoms with van der Waals surface area (Å²) in [6, 6.07) is -4.78. The summed E-state index contributed by atoms with van der Waals surface area (Å²) in [5.41, 5.74) is 0. The second-order valence-corrected chi connectivity index (χ2v) is 7.64. The van der Waals surface area contributed by atoms with E-state index in [1.54, 1.807) is 0 Å². The zero-order valence-corrected chi connectivity index (χ0v) is 12.9. The molecule has 0 heterocycles. The lowest BCUT2D eigenvalue weighted by atomic mass is 10.4. The van der Waals surface area contributed by atoms with E-state index < -0.39 is 58.1 Å². The summed E-state index contributed by atoms with van der Waals surface area (Å²) in [6.07, 6.45) is -12.3. The van der Waals surface area contributed by atoms with Crippen molar-refractivity contribution in [2.45, 2.75) is 50.1 Å². The Bertz CT molecular complexity index is 343. The molecule has 0 aliphatic rings. The predicted molar refractivity (Wildman–Crippen MR) is 60.6 cm³/mol. The normalized spacial score (nSPS) is 15.1. The Morgan fingerprint density at radius 2 is 0.870 bits per heavy atom. The lowest BCUT2D eigenvalue weighted by Gasteiger charge is -2.36. The molecule has 0 bridgehead atoms. The van der Waals surface area contributed by atoms with E-state index in [-0.39, 0.29) is 0 Å². The van der Waals surface area contributed by atoms with Gasteiger partial charge in [0.05, 0.1) is 12.1 Å². The average Bonchev–Trinajstić information content (AvgIpc) is 2.24. The first-order valence-electron chi connectivity index (χ1n) is 6.20. The lowest BCUT2D eigenvalue weighted by Crippen LogP contribution is -2.56. The Kier molecular flexibility index (Phi) is 6.96. The highest BCUT2D eigenvalue weighted by atomic mass is 28.4. The fourth-order valence-corrected chi connectivity index (χ4v) is 5.13. The zero-order chi connectivity index (χ0) is 18.7. The van der Waals surface area contributed by atoms with Crippen LogP contribution < -0.4 is 0 Å². The second kappa shape index (κ2) is 7.13. The molecular formula is C10H14F10O2Si. The minimum atomic E-state index is -6.13. The standard InChI is InChI=1S/C10H14F10O2Si/c1-3-21-23(22-4-2,5-7(11,12)9(15,16)17)6-8(13,14)10(18,19)20/h3-6H2,1-2H3. The molecule has 0 saturated heterocycles. The van der Waals surface area contributed by atoms with Gasteiger partial charge in [0, 0.05) is 13.2 Å². The number of alkyl halides is 10. The van der Waals surface area contributed by atoms with Gasteiger partial charge in [-0.25, -0.2) is 0 Å². The highest BCUT2D eigenvalue weighted by Gasteiger charge is 2.68. The molecule has 0 aliphatic heterocycles. The fraction of sp³-hybridized carbons (Fsp3) is 1.00. The van der Waals surface area contributed by atoms with Crippen LogP contribution in [0.25, 0.3) is 0 Å². The third-order valence-corrected chi connectivity index (χ3v) is 6.22. The highest BCUT2D eigenvalue weighted by Crippen LogP contribution is 2.47. The molecule has 13 heteroatoms. The first kappa shape index (κ1) is 22.4. The van der Waals surface area contributed by atoms with Crippen LogP contribution in [0.2, 0.25) is 12.1 Å².